The van der Waals surface area contributed by atoms with E-state index in [1.54, 1.807) is 36.4 Å². The lowest BCUT2D eigenvalue weighted by Gasteiger charge is -2.26. The summed E-state index contributed by atoms with van der Waals surface area (Å²) in [5, 5.41) is 2.92. The van der Waals surface area contributed by atoms with Gasteiger partial charge in [0.25, 0.3) is 20.2 Å². The number of anilines is 2. The van der Waals surface area contributed by atoms with E-state index in [-0.39, 0.29) is 22.1 Å². The smallest absolute Gasteiger partial charge is 0.294 e. The molecule has 10 nitrogen and oxygen atoms in total. The standard InChI is InChI=1S/C40H43N3O7S2/c1-8-27-12-11-13-29(24-27)41-38(44)23-16-28(14-21-36-39(4,5)32-25-30(51(45,46)47)17-19-34(32)42(36)9-2)15-22-37-40(6,7)33-26-31(52(48,49)50)18-20-35(33)43(37)10-3/h1,11-15,17-22,24-26H,9-10,16,23H2,2-7H3,(H2-,41,44,45,46,47,48,49,50)/p+1. The van der Waals surface area contributed by atoms with Gasteiger partial charge in [-0.05, 0) is 99.9 Å². The number of nitrogens with zero attached hydrogens (tertiary/aromatic N) is 2. The molecule has 272 valence electrons. The van der Waals surface area contributed by atoms with Crippen molar-refractivity contribution in [3.8, 4) is 12.3 Å². The molecule has 0 bridgehead atoms. The molecule has 2 aliphatic rings. The van der Waals surface area contributed by atoms with Gasteiger partial charge in [-0.2, -0.15) is 21.4 Å². The van der Waals surface area contributed by atoms with Crippen molar-refractivity contribution in [2.24, 2.45) is 0 Å². The van der Waals surface area contributed by atoms with Crippen LogP contribution >= 0.6 is 0 Å². The lowest BCUT2D eigenvalue weighted by atomic mass is 9.81. The number of fused-ring (bicyclic) bond motifs is 2. The monoisotopic (exact) mass is 742 g/mol. The van der Waals surface area contributed by atoms with E-state index in [0.29, 0.717) is 30.8 Å². The lowest BCUT2D eigenvalue weighted by Crippen LogP contribution is -2.27. The van der Waals surface area contributed by atoms with Gasteiger partial charge in [-0.25, -0.2) is 0 Å². The minimum Gasteiger partial charge on any atom is -0.344 e. The Kier molecular flexibility index (Phi) is 10.6. The Balaban J connectivity index is 1.55. The van der Waals surface area contributed by atoms with Gasteiger partial charge in [0.15, 0.2) is 5.71 Å². The minimum absolute atomic E-state index is 0.159. The highest BCUT2D eigenvalue weighted by Gasteiger charge is 2.44. The van der Waals surface area contributed by atoms with E-state index in [1.165, 1.54) is 24.3 Å². The molecule has 3 N–H and O–H groups in total. The number of terminal acetylenes is 1. The Morgan fingerprint density at radius 1 is 0.904 bits per heavy atom. The average Bonchev–Trinajstić information content (AvgIpc) is 3.44. The van der Waals surface area contributed by atoms with Crippen molar-refractivity contribution in [3.05, 3.63) is 113 Å². The first-order chi connectivity index (χ1) is 24.3. The van der Waals surface area contributed by atoms with Crippen molar-refractivity contribution >= 4 is 48.9 Å². The topological polar surface area (TPSA) is 144 Å². The highest BCUT2D eigenvalue weighted by Crippen LogP contribution is 2.48. The molecule has 1 amide bonds. The Morgan fingerprint density at radius 2 is 1.56 bits per heavy atom. The fourth-order valence-electron chi connectivity index (χ4n) is 7.07. The maximum atomic E-state index is 13.2. The maximum absolute atomic E-state index is 13.2. The summed E-state index contributed by atoms with van der Waals surface area (Å²) in [4.78, 5) is 14.9. The van der Waals surface area contributed by atoms with Crippen LogP contribution in [0.2, 0.25) is 0 Å². The molecule has 0 aliphatic carbocycles. The third-order valence-corrected chi connectivity index (χ3v) is 11.5. The molecule has 52 heavy (non-hydrogen) atoms. The quantitative estimate of drug-likeness (QED) is 0.0813. The second kappa shape index (κ2) is 14.3. The molecule has 0 atom stereocenters. The molecular formula is C40H44N3O7S2+. The Bertz CT molecular complexity index is 2340. The van der Waals surface area contributed by atoms with Crippen molar-refractivity contribution in [3.63, 3.8) is 0 Å². The van der Waals surface area contributed by atoms with Crippen LogP contribution in [-0.4, -0.2) is 55.2 Å². The van der Waals surface area contributed by atoms with Crippen molar-refractivity contribution < 1.29 is 35.3 Å². The molecule has 3 aromatic carbocycles. The van der Waals surface area contributed by atoms with Gasteiger partial charge in [0.1, 0.15) is 6.54 Å². The average molecular weight is 743 g/mol. The zero-order valence-corrected chi connectivity index (χ0v) is 31.8. The third-order valence-electron chi connectivity index (χ3n) is 9.82. The van der Waals surface area contributed by atoms with Crippen LogP contribution in [0, 0.1) is 12.3 Å². The molecule has 2 aliphatic heterocycles. The molecular weight excluding hydrogens is 699 g/mol. The second-order valence-corrected chi connectivity index (χ2v) is 16.7. The number of allylic oxidation sites excluding steroid dienone is 6. The van der Waals surface area contributed by atoms with Crippen LogP contribution in [0.5, 0.6) is 0 Å². The van der Waals surface area contributed by atoms with Crippen molar-refractivity contribution in [1.82, 2.24) is 0 Å². The third kappa shape index (κ3) is 7.54. The molecule has 0 fully saturated rings. The van der Waals surface area contributed by atoms with Crippen molar-refractivity contribution in [2.75, 3.05) is 23.3 Å². The number of carbonyl (C=O) groups excluding carboxylic acids is 1. The van der Waals surface area contributed by atoms with E-state index < -0.39 is 31.1 Å². The number of hydrogen-bond donors (Lipinski definition) is 3. The molecule has 5 rings (SSSR count). The Labute approximate surface area is 306 Å². The summed E-state index contributed by atoms with van der Waals surface area (Å²) in [6, 6.07) is 16.3. The molecule has 0 aromatic heterocycles. The largest absolute Gasteiger partial charge is 0.344 e. The number of carbonyl (C=O) groups is 1. The van der Waals surface area contributed by atoms with Crippen LogP contribution in [0.4, 0.5) is 17.1 Å². The number of nitrogens with one attached hydrogen (secondary N) is 1. The van der Waals surface area contributed by atoms with Crippen LogP contribution in [0.25, 0.3) is 0 Å². The fourth-order valence-corrected chi connectivity index (χ4v) is 8.09. The number of benzene rings is 3. The van der Waals surface area contributed by atoms with E-state index in [4.69, 9.17) is 6.42 Å². The van der Waals surface area contributed by atoms with E-state index in [1.807, 2.05) is 65.8 Å². The Hall–Kier alpha value is -4.80. The van der Waals surface area contributed by atoms with Crippen LogP contribution in [0.3, 0.4) is 0 Å². The number of hydrogen-bond acceptors (Lipinski definition) is 6. The molecule has 12 heteroatoms. The van der Waals surface area contributed by atoms with Crippen molar-refractivity contribution in [2.45, 2.75) is 75.0 Å². The Morgan fingerprint density at radius 3 is 2.17 bits per heavy atom. The number of amides is 1. The van der Waals surface area contributed by atoms with Gasteiger partial charge in [0, 0.05) is 58.7 Å². The van der Waals surface area contributed by atoms with Gasteiger partial charge < -0.3 is 10.2 Å². The lowest BCUT2D eigenvalue weighted by molar-refractivity contribution is -0.433. The van der Waals surface area contributed by atoms with Crippen LogP contribution in [0.15, 0.2) is 106 Å². The zero-order chi connectivity index (χ0) is 38.2. The summed E-state index contributed by atoms with van der Waals surface area (Å²) in [5.74, 6) is 2.37. The first-order valence-corrected chi connectivity index (χ1v) is 19.8. The van der Waals surface area contributed by atoms with Gasteiger partial charge in [-0.15, -0.1) is 6.42 Å². The predicted molar refractivity (Wildman–Crippen MR) is 205 cm³/mol. The van der Waals surface area contributed by atoms with Gasteiger partial charge in [-0.3, -0.25) is 13.9 Å². The number of likely N-dealkylation sites (N-methyl/N-ethyl adjacent to an activating group) is 1. The summed E-state index contributed by atoms with van der Waals surface area (Å²) in [6.45, 7) is 13.2. The summed E-state index contributed by atoms with van der Waals surface area (Å²) in [5.41, 5.74) is 5.87. The van der Waals surface area contributed by atoms with Crippen LogP contribution < -0.4 is 10.2 Å². The first kappa shape index (κ1) is 38.4. The van der Waals surface area contributed by atoms with Gasteiger partial charge >= 0.3 is 0 Å². The summed E-state index contributed by atoms with van der Waals surface area (Å²) < 4.78 is 69.6. The zero-order valence-electron chi connectivity index (χ0n) is 30.1. The molecule has 0 saturated carbocycles. The highest BCUT2D eigenvalue weighted by atomic mass is 32.2. The SMILES string of the molecule is C#Cc1cccc(NC(=O)CCC(C=CC2=[N+](CC)c3ccc(S(=O)(=O)O)cc3C2(C)C)=CC=C2N(CC)c3ccc(S(=O)(=O)O)cc3C2(C)C)c1. The molecule has 2 heterocycles. The van der Waals surface area contributed by atoms with Crippen LogP contribution in [0.1, 0.15) is 71.1 Å². The first-order valence-electron chi connectivity index (χ1n) is 16.9. The van der Waals surface area contributed by atoms with E-state index in [2.05, 4.69) is 20.7 Å². The summed E-state index contributed by atoms with van der Waals surface area (Å²) in [7, 11) is -8.80. The molecule has 3 aromatic rings. The fraction of sp³-hybridized carbons (Fsp3) is 0.300. The molecule has 0 spiro atoms. The van der Waals surface area contributed by atoms with E-state index in [0.717, 1.165) is 39.5 Å². The molecule has 0 saturated heterocycles. The van der Waals surface area contributed by atoms with Crippen molar-refractivity contribution in [1.29, 1.82) is 0 Å². The minimum atomic E-state index is -4.40. The van der Waals surface area contributed by atoms with E-state index in [9.17, 15) is 30.7 Å². The summed E-state index contributed by atoms with van der Waals surface area (Å²) >= 11 is 0. The van der Waals surface area contributed by atoms with Gasteiger partial charge in [0.2, 0.25) is 11.6 Å². The highest BCUT2D eigenvalue weighted by molar-refractivity contribution is 7.86. The maximum Gasteiger partial charge on any atom is 0.294 e. The molecule has 0 unspecified atom stereocenters. The van der Waals surface area contributed by atoms with Crippen LogP contribution in [-0.2, 0) is 35.9 Å². The van der Waals surface area contributed by atoms with Gasteiger partial charge in [-0.1, -0.05) is 38.0 Å². The number of rotatable bonds is 11. The predicted octanol–water partition coefficient (Wildman–Crippen LogP) is 7.16. The van der Waals surface area contributed by atoms with Gasteiger partial charge in [0.05, 0.1) is 15.2 Å². The second-order valence-electron chi connectivity index (χ2n) is 13.8. The summed E-state index contributed by atoms with van der Waals surface area (Å²) in [6.07, 6.45) is 14.0. The normalized spacial score (nSPS) is 17.4. The van der Waals surface area contributed by atoms with E-state index >= 15 is 0 Å². The molecule has 0 radical (unpaired) electrons.